The van der Waals surface area contributed by atoms with E-state index in [2.05, 4.69) is 42.6 Å². The van der Waals surface area contributed by atoms with Crippen molar-refractivity contribution in [3.8, 4) is 0 Å². The maximum Gasteiger partial charge on any atom is 0.256 e. The van der Waals surface area contributed by atoms with Gasteiger partial charge in [0, 0.05) is 90.1 Å². The van der Waals surface area contributed by atoms with E-state index in [1.807, 2.05) is 6.07 Å². The normalized spacial score (nSPS) is 20.4. The Labute approximate surface area is 234 Å². The van der Waals surface area contributed by atoms with Gasteiger partial charge >= 0.3 is 0 Å². The summed E-state index contributed by atoms with van der Waals surface area (Å²) in [5.41, 5.74) is 1.08. The fourth-order valence-electron chi connectivity index (χ4n) is 3.07. The SMILES string of the molecule is O=C(Nc1ncnc2c1ncn2[C@@H]1O[C@H](CO)C(O)[C@@H]1O)c1ccccc1.S=S=S=S=S=S=S=S=S. The molecule has 36 heavy (non-hydrogen) atoms. The molecule has 1 amide bonds. The molecule has 1 fully saturated rings. The van der Waals surface area contributed by atoms with Crippen LogP contribution in [0.1, 0.15) is 16.6 Å². The van der Waals surface area contributed by atoms with E-state index in [1.54, 1.807) is 68.7 Å². The summed E-state index contributed by atoms with van der Waals surface area (Å²) >= 11 is 9.27. The first-order chi connectivity index (χ1) is 17.5. The molecule has 0 bridgehead atoms. The van der Waals surface area contributed by atoms with Crippen molar-refractivity contribution in [3.05, 3.63) is 48.5 Å². The van der Waals surface area contributed by atoms with Gasteiger partial charge in [-0.3, -0.25) is 9.36 Å². The van der Waals surface area contributed by atoms with E-state index in [0.29, 0.717) is 16.7 Å². The monoisotopic (exact) mass is 659 g/mol. The largest absolute Gasteiger partial charge is 0.394 e. The Kier molecular flexibility index (Phi) is 12.7. The lowest BCUT2D eigenvalue weighted by molar-refractivity contribution is -0.0511. The highest BCUT2D eigenvalue weighted by Crippen LogP contribution is 2.32. The summed E-state index contributed by atoms with van der Waals surface area (Å²) in [5, 5.41) is 32.1. The van der Waals surface area contributed by atoms with Crippen molar-refractivity contribution in [2.75, 3.05) is 11.9 Å². The smallest absolute Gasteiger partial charge is 0.256 e. The molecule has 194 valence electrons. The fourth-order valence-corrected chi connectivity index (χ4v) is 16.8. The summed E-state index contributed by atoms with van der Waals surface area (Å²) in [7, 11) is 10.9. The summed E-state index contributed by atoms with van der Waals surface area (Å²) in [4.78, 5) is 24.8. The Hall–Kier alpha value is -0.940. The first-order valence-corrected chi connectivity index (χ1v) is 20.3. The lowest BCUT2D eigenvalue weighted by atomic mass is 10.1. The molecular weight excluding hydrogens is 643 g/mol. The number of hydrogen-bond acceptors (Lipinski definition) is 10. The molecular formula is C17H17N5O5S9. The minimum Gasteiger partial charge on any atom is -0.394 e. The Morgan fingerprint density at radius 1 is 1.00 bits per heavy atom. The van der Waals surface area contributed by atoms with Crippen LogP contribution in [0, 0.1) is 0 Å². The highest BCUT2D eigenvalue weighted by atomic mass is 33.4. The average molecular weight is 660 g/mol. The lowest BCUT2D eigenvalue weighted by Crippen LogP contribution is -2.33. The Balaban J connectivity index is 0.000000345. The van der Waals surface area contributed by atoms with Gasteiger partial charge in [-0.05, 0) is 12.1 Å². The van der Waals surface area contributed by atoms with Crippen molar-refractivity contribution in [1.82, 2.24) is 19.5 Å². The van der Waals surface area contributed by atoms with E-state index in [9.17, 15) is 20.1 Å². The molecule has 0 saturated carbocycles. The van der Waals surface area contributed by atoms with Crippen molar-refractivity contribution in [1.29, 1.82) is 0 Å². The van der Waals surface area contributed by atoms with Crippen LogP contribution in [0.2, 0.25) is 0 Å². The Bertz CT molecular complexity index is 1480. The van der Waals surface area contributed by atoms with Crippen molar-refractivity contribution >= 4 is 107 Å². The quantitative estimate of drug-likeness (QED) is 0.294. The summed E-state index contributed by atoms with van der Waals surface area (Å²) < 4.78 is 6.93. The molecule has 19 heteroatoms. The van der Waals surface area contributed by atoms with E-state index in [-0.39, 0.29) is 11.7 Å². The molecule has 0 spiro atoms. The summed E-state index contributed by atoms with van der Waals surface area (Å²) in [6.45, 7) is -0.436. The predicted molar refractivity (Wildman–Crippen MR) is 159 cm³/mol. The zero-order chi connectivity index (χ0) is 25.9. The fraction of sp³-hybridized carbons (Fsp3) is 0.294. The van der Waals surface area contributed by atoms with Crippen LogP contribution in [0.25, 0.3) is 11.2 Å². The van der Waals surface area contributed by atoms with Crippen molar-refractivity contribution in [3.63, 3.8) is 0 Å². The molecule has 1 aliphatic rings. The number of carbonyl (C=O) groups is 1. The maximum absolute atomic E-state index is 12.4. The molecule has 1 unspecified atom stereocenters. The number of aliphatic hydroxyl groups excluding tert-OH is 3. The van der Waals surface area contributed by atoms with Crippen LogP contribution in [0.4, 0.5) is 5.82 Å². The highest BCUT2D eigenvalue weighted by Gasteiger charge is 2.44. The number of ether oxygens (including phenoxy) is 1. The number of aliphatic hydroxyl groups is 3. The van der Waals surface area contributed by atoms with E-state index in [4.69, 9.17) is 4.74 Å². The van der Waals surface area contributed by atoms with E-state index >= 15 is 0 Å². The third-order valence-electron chi connectivity index (χ3n) is 4.58. The van der Waals surface area contributed by atoms with Crippen molar-refractivity contribution in [2.45, 2.75) is 24.5 Å². The van der Waals surface area contributed by atoms with Gasteiger partial charge in [0.25, 0.3) is 5.91 Å². The molecule has 3 heterocycles. The molecule has 1 aliphatic heterocycles. The molecule has 4 N–H and O–H groups in total. The minimum atomic E-state index is -1.27. The summed E-state index contributed by atoms with van der Waals surface area (Å²) in [6, 6.07) is 8.65. The standard InChI is InChI=1S/C17H17N5O5.S9/c23-6-10-12(24)13(25)17(27-10)22-8-20-11-14(18-7-19-15(11)22)21-16(26)9-4-2-1-3-5-9;1-3-5-7-9-8-6-4-2/h1-5,7-8,10,12-13,17,23-25H,6H2,(H,18,19,21,26);/t10-,12?,13+,17-;/m1./s1. The number of anilines is 1. The number of hydrogen-bond donors (Lipinski definition) is 4. The first-order valence-electron chi connectivity index (χ1n) is 9.60. The number of rotatable bonds is 4. The topological polar surface area (TPSA) is 143 Å². The molecule has 0 radical (unpaired) electrons. The van der Waals surface area contributed by atoms with Crippen LogP contribution in [-0.4, -0.2) is 65.7 Å². The van der Waals surface area contributed by atoms with Gasteiger partial charge in [-0.2, -0.15) is 0 Å². The number of aromatic nitrogens is 4. The van der Waals surface area contributed by atoms with Crippen LogP contribution < -0.4 is 5.32 Å². The third kappa shape index (κ3) is 7.79. The Morgan fingerprint density at radius 2 is 1.67 bits per heavy atom. The van der Waals surface area contributed by atoms with Crippen molar-refractivity contribution in [2.24, 2.45) is 0 Å². The minimum absolute atomic E-state index is 0.208. The number of benzene rings is 1. The van der Waals surface area contributed by atoms with Gasteiger partial charge in [-0.15, -0.1) is 0 Å². The molecule has 1 aromatic carbocycles. The number of imidazole rings is 1. The zero-order valence-electron chi connectivity index (χ0n) is 17.7. The third-order valence-corrected chi connectivity index (χ3v) is 17.9. The van der Waals surface area contributed by atoms with Crippen LogP contribution in [0.15, 0.2) is 43.0 Å². The van der Waals surface area contributed by atoms with Gasteiger partial charge in [0.05, 0.1) is 12.9 Å². The number of nitrogens with one attached hydrogen (secondary N) is 1. The van der Waals surface area contributed by atoms with Crippen LogP contribution in [-0.2, 0) is 89.3 Å². The second-order valence-electron chi connectivity index (χ2n) is 6.57. The van der Waals surface area contributed by atoms with Gasteiger partial charge in [0.1, 0.15) is 24.6 Å². The van der Waals surface area contributed by atoms with Crippen LogP contribution >= 0.6 is 0 Å². The van der Waals surface area contributed by atoms with E-state index in [0.717, 1.165) is 0 Å². The number of fused-ring (bicyclic) bond motifs is 1. The zero-order valence-corrected chi connectivity index (χ0v) is 25.0. The summed E-state index contributed by atoms with van der Waals surface area (Å²) in [5.74, 6) is -0.141. The molecule has 4 rings (SSSR count). The molecule has 1 saturated heterocycles. The van der Waals surface area contributed by atoms with Gasteiger partial charge in [0.2, 0.25) is 0 Å². The van der Waals surface area contributed by atoms with Gasteiger partial charge in [0.15, 0.2) is 23.2 Å². The van der Waals surface area contributed by atoms with E-state index < -0.39 is 31.1 Å². The van der Waals surface area contributed by atoms with Crippen molar-refractivity contribution < 1.29 is 24.9 Å². The molecule has 0 aliphatic carbocycles. The number of carbonyl (C=O) groups excluding carboxylic acids is 1. The highest BCUT2D eigenvalue weighted by molar-refractivity contribution is 8.72. The van der Waals surface area contributed by atoms with Crippen LogP contribution in [0.3, 0.4) is 0 Å². The second kappa shape index (κ2) is 15.5. The van der Waals surface area contributed by atoms with Gasteiger partial charge in [-0.1, -0.05) is 18.2 Å². The van der Waals surface area contributed by atoms with Gasteiger partial charge < -0.3 is 25.4 Å². The maximum atomic E-state index is 12.4. The van der Waals surface area contributed by atoms with E-state index in [1.165, 1.54) is 35.0 Å². The average Bonchev–Trinajstić information content (AvgIpc) is 3.46. The Morgan fingerprint density at radius 3 is 2.28 bits per heavy atom. The predicted octanol–water partition coefficient (Wildman–Crippen LogP) is -0.332. The van der Waals surface area contributed by atoms with Gasteiger partial charge in [-0.25, -0.2) is 15.0 Å². The molecule has 3 aromatic rings. The first kappa shape index (κ1) is 29.6. The lowest BCUT2D eigenvalue weighted by Gasteiger charge is -2.16. The molecule has 4 atom stereocenters. The number of nitrogens with zero attached hydrogens (tertiary/aromatic N) is 4. The number of amides is 1. The molecule has 2 aromatic heterocycles. The summed E-state index contributed by atoms with van der Waals surface area (Å²) in [6.07, 6.45) is -1.77. The molecule has 10 nitrogen and oxygen atoms in total. The van der Waals surface area contributed by atoms with Crippen LogP contribution in [0.5, 0.6) is 0 Å². The second-order valence-corrected chi connectivity index (χ2v) is 19.0.